The molecule has 0 N–H and O–H groups in total. The summed E-state index contributed by atoms with van der Waals surface area (Å²) >= 11 is 0.194. The number of ether oxygens (including phenoxy) is 2. The number of benzene rings is 2. The predicted octanol–water partition coefficient (Wildman–Crippen LogP) is 1.36. The molecule has 0 aliphatic heterocycles. The van der Waals surface area contributed by atoms with Gasteiger partial charge in [0, 0.05) is 0 Å². The molecule has 2 aromatic carbocycles. The number of hydrogen-bond donors (Lipinski definition) is 0. The first-order valence-electron chi connectivity index (χ1n) is 5.29. The summed E-state index contributed by atoms with van der Waals surface area (Å²) in [6.07, 6.45) is 0. The first-order valence-corrected chi connectivity index (χ1v) is 7.00. The molecule has 0 radical (unpaired) electrons. The van der Waals surface area contributed by atoms with Crippen molar-refractivity contribution in [3.05, 3.63) is 48.5 Å². The normalized spacial score (nSPS) is 10.0. The molecule has 2 aromatic rings. The van der Waals surface area contributed by atoms with Gasteiger partial charge in [-0.1, -0.05) is 0 Å². The first-order chi connectivity index (χ1) is 8.35. The van der Waals surface area contributed by atoms with Gasteiger partial charge in [0.05, 0.1) is 0 Å². The van der Waals surface area contributed by atoms with Gasteiger partial charge in [-0.2, -0.15) is 0 Å². The van der Waals surface area contributed by atoms with Crippen molar-refractivity contribution in [2.24, 2.45) is 0 Å². The van der Waals surface area contributed by atoms with Crippen LogP contribution in [0.4, 0.5) is 0 Å². The van der Waals surface area contributed by atoms with E-state index in [0.717, 1.165) is 16.0 Å². The average molecular weight is 293 g/mol. The molecule has 0 aliphatic carbocycles. The van der Waals surface area contributed by atoms with Crippen LogP contribution in [0.15, 0.2) is 48.5 Å². The molecule has 0 saturated heterocycles. The van der Waals surface area contributed by atoms with E-state index in [9.17, 15) is 0 Å². The van der Waals surface area contributed by atoms with E-state index in [0.29, 0.717) is 0 Å². The third-order valence-corrected chi connectivity index (χ3v) is 4.68. The molecule has 2 nitrogen and oxygen atoms in total. The summed E-state index contributed by atoms with van der Waals surface area (Å²) < 4.78 is 13.2. The average Bonchev–Trinajstić information content (AvgIpc) is 2.40. The Bertz CT molecular complexity index is 461. The van der Waals surface area contributed by atoms with Gasteiger partial charge in [0.1, 0.15) is 0 Å². The molecule has 2 rings (SSSR count). The van der Waals surface area contributed by atoms with Gasteiger partial charge in [-0.15, -0.1) is 0 Å². The van der Waals surface area contributed by atoms with Gasteiger partial charge in [-0.05, 0) is 0 Å². The molecule has 88 valence electrons. The van der Waals surface area contributed by atoms with Crippen molar-refractivity contribution in [2.45, 2.75) is 0 Å². The van der Waals surface area contributed by atoms with Crippen molar-refractivity contribution >= 4 is 23.9 Å². The quantitative estimate of drug-likeness (QED) is 0.793. The predicted molar refractivity (Wildman–Crippen MR) is 71.0 cm³/mol. The second-order valence-electron chi connectivity index (χ2n) is 3.41. The van der Waals surface area contributed by atoms with E-state index >= 15 is 0 Å². The Morgan fingerprint density at radius 2 is 1.35 bits per heavy atom. The zero-order chi connectivity index (χ0) is 12.1. The summed E-state index contributed by atoms with van der Waals surface area (Å²) in [6.45, 7) is 0. The van der Waals surface area contributed by atoms with Crippen molar-refractivity contribution in [2.75, 3.05) is 14.2 Å². The topological polar surface area (TPSA) is 18.5 Å². The van der Waals surface area contributed by atoms with Crippen molar-refractivity contribution < 1.29 is 9.47 Å². The molecule has 0 aromatic heterocycles. The molecule has 0 amide bonds. The van der Waals surface area contributed by atoms with Crippen LogP contribution in [-0.2, 0) is 0 Å². The zero-order valence-electron chi connectivity index (χ0n) is 9.84. The fourth-order valence-corrected chi connectivity index (χ4v) is 3.69. The summed E-state index contributed by atoms with van der Waals surface area (Å²) in [4.78, 5) is 0. The van der Waals surface area contributed by atoms with E-state index in [-0.39, 0.29) is 15.0 Å². The number of rotatable bonds is 4. The maximum absolute atomic E-state index is 5.40. The zero-order valence-corrected chi connectivity index (χ0v) is 11.6. The van der Waals surface area contributed by atoms with Crippen LogP contribution in [0.3, 0.4) is 0 Å². The molecular weight excluding hydrogens is 279 g/mol. The Kier molecular flexibility index (Phi) is 4.07. The van der Waals surface area contributed by atoms with Crippen LogP contribution in [-0.4, -0.2) is 29.2 Å². The van der Waals surface area contributed by atoms with Gasteiger partial charge < -0.3 is 0 Å². The van der Waals surface area contributed by atoms with Crippen molar-refractivity contribution in [3.63, 3.8) is 0 Å². The minimum atomic E-state index is 0.194. The van der Waals surface area contributed by atoms with Gasteiger partial charge in [-0.25, -0.2) is 0 Å². The van der Waals surface area contributed by atoms with Gasteiger partial charge in [-0.3, -0.25) is 0 Å². The molecule has 0 atom stereocenters. The Morgan fingerprint density at radius 1 is 0.765 bits per heavy atom. The van der Waals surface area contributed by atoms with Crippen LogP contribution in [0.5, 0.6) is 11.5 Å². The molecule has 0 aliphatic rings. The van der Waals surface area contributed by atoms with E-state index in [1.54, 1.807) is 14.2 Å². The summed E-state index contributed by atoms with van der Waals surface area (Å²) in [6, 6.07) is 16.3. The van der Waals surface area contributed by atoms with Crippen LogP contribution in [0.1, 0.15) is 0 Å². The number of methoxy groups -OCH3 is 2. The van der Waals surface area contributed by atoms with Gasteiger partial charge in [0.2, 0.25) is 0 Å². The second kappa shape index (κ2) is 5.76. The minimum absolute atomic E-state index is 0.194. The fourth-order valence-electron chi connectivity index (χ4n) is 1.52. The Balaban J connectivity index is 2.37. The summed E-state index contributed by atoms with van der Waals surface area (Å²) in [5, 5.41) is 0. The third kappa shape index (κ3) is 2.82. The van der Waals surface area contributed by atoms with Gasteiger partial charge in [0.25, 0.3) is 0 Å². The molecule has 0 fully saturated rings. The summed E-state index contributed by atoms with van der Waals surface area (Å²) in [7, 11) is 3.39. The Labute approximate surface area is 108 Å². The molecule has 0 heterocycles. The Hall–Kier alpha value is -1.44. The SMILES string of the molecule is COc1cccc(OC)c1[Se]c1ccccc1. The number of hydrogen-bond acceptors (Lipinski definition) is 2. The van der Waals surface area contributed by atoms with Crippen molar-refractivity contribution in [1.29, 1.82) is 0 Å². The van der Waals surface area contributed by atoms with Gasteiger partial charge >= 0.3 is 108 Å². The second-order valence-corrected chi connectivity index (χ2v) is 5.68. The van der Waals surface area contributed by atoms with E-state index in [1.807, 2.05) is 24.3 Å². The fraction of sp³-hybridized carbons (Fsp3) is 0.143. The third-order valence-electron chi connectivity index (χ3n) is 2.35. The van der Waals surface area contributed by atoms with E-state index in [2.05, 4.69) is 24.3 Å². The maximum atomic E-state index is 5.40. The first kappa shape index (κ1) is 12.0. The Morgan fingerprint density at radius 3 is 1.88 bits per heavy atom. The van der Waals surface area contributed by atoms with E-state index in [1.165, 1.54) is 4.46 Å². The van der Waals surface area contributed by atoms with Crippen LogP contribution >= 0.6 is 0 Å². The van der Waals surface area contributed by atoms with E-state index < -0.39 is 0 Å². The monoisotopic (exact) mass is 294 g/mol. The van der Waals surface area contributed by atoms with Crippen LogP contribution in [0, 0.1) is 0 Å². The van der Waals surface area contributed by atoms with Crippen molar-refractivity contribution in [1.82, 2.24) is 0 Å². The molecular formula is C14H14O2Se. The molecule has 3 heteroatoms. The standard InChI is InChI=1S/C14H14O2Se/c1-15-12-9-6-10-13(16-2)14(12)17-11-7-4-3-5-8-11/h3-10H,1-2H3. The molecule has 0 bridgehead atoms. The van der Waals surface area contributed by atoms with Crippen LogP contribution in [0.25, 0.3) is 0 Å². The van der Waals surface area contributed by atoms with Crippen LogP contribution in [0.2, 0.25) is 0 Å². The molecule has 0 spiro atoms. The molecule has 17 heavy (non-hydrogen) atoms. The van der Waals surface area contributed by atoms with Gasteiger partial charge in [0.15, 0.2) is 0 Å². The molecule has 0 saturated carbocycles. The van der Waals surface area contributed by atoms with E-state index in [4.69, 9.17) is 9.47 Å². The van der Waals surface area contributed by atoms with Crippen molar-refractivity contribution in [3.8, 4) is 11.5 Å². The molecule has 0 unspecified atom stereocenters. The summed E-state index contributed by atoms with van der Waals surface area (Å²) in [5.74, 6) is 1.79. The summed E-state index contributed by atoms with van der Waals surface area (Å²) in [5.41, 5.74) is 0. The van der Waals surface area contributed by atoms with Crippen LogP contribution < -0.4 is 18.4 Å².